The number of amides is 2. The highest BCUT2D eigenvalue weighted by atomic mass is 35.5. The lowest BCUT2D eigenvalue weighted by Crippen LogP contribution is -2.60. The molecule has 0 radical (unpaired) electrons. The molecule has 3 rings (SSSR count). The average molecular weight is 556 g/mol. The molecule has 1 aliphatic rings. The Morgan fingerprint density at radius 2 is 1.76 bits per heavy atom. The van der Waals surface area contributed by atoms with Crippen molar-refractivity contribution in [1.82, 2.24) is 10.3 Å². The van der Waals surface area contributed by atoms with Gasteiger partial charge in [0.05, 0.1) is 6.20 Å². The quantitative estimate of drug-likeness (QED) is 0.357. The van der Waals surface area contributed by atoms with E-state index in [9.17, 15) is 40.3 Å². The van der Waals surface area contributed by atoms with Crippen molar-refractivity contribution >= 4 is 29.1 Å². The number of hydrogen-bond donors (Lipinski definition) is 1. The van der Waals surface area contributed by atoms with E-state index in [2.05, 4.69) is 15.0 Å². The van der Waals surface area contributed by atoms with Gasteiger partial charge in [-0.3, -0.25) is 19.5 Å². The van der Waals surface area contributed by atoms with Gasteiger partial charge >= 0.3 is 6.36 Å². The van der Waals surface area contributed by atoms with Crippen molar-refractivity contribution in [3.63, 3.8) is 0 Å². The van der Waals surface area contributed by atoms with Crippen LogP contribution in [0.2, 0.25) is 0 Å². The van der Waals surface area contributed by atoms with Gasteiger partial charge in [0.1, 0.15) is 11.6 Å². The van der Waals surface area contributed by atoms with Crippen LogP contribution in [0.4, 0.5) is 36.4 Å². The largest absolute Gasteiger partial charge is 0.573 e. The van der Waals surface area contributed by atoms with Gasteiger partial charge in [-0.05, 0) is 50.1 Å². The number of alkyl halides is 7. The molecule has 1 heterocycles. The van der Waals surface area contributed by atoms with E-state index in [4.69, 9.17) is 11.6 Å². The molecule has 0 spiro atoms. The predicted molar refractivity (Wildman–Crippen MR) is 118 cm³/mol. The summed E-state index contributed by atoms with van der Waals surface area (Å²) in [5.41, 5.74) is -5.52. The third-order valence-electron chi connectivity index (χ3n) is 5.94. The fourth-order valence-corrected chi connectivity index (χ4v) is 4.15. The van der Waals surface area contributed by atoms with Crippen LogP contribution in [0.1, 0.15) is 38.2 Å². The Labute approximate surface area is 211 Å². The van der Waals surface area contributed by atoms with Crippen molar-refractivity contribution in [2.45, 2.75) is 62.1 Å². The van der Waals surface area contributed by atoms with Gasteiger partial charge < -0.3 is 10.1 Å². The van der Waals surface area contributed by atoms with E-state index in [1.807, 2.05) is 0 Å². The second-order valence-corrected chi connectivity index (χ2v) is 8.97. The molecule has 1 saturated carbocycles. The van der Waals surface area contributed by atoms with Crippen molar-refractivity contribution < 1.29 is 45.1 Å². The molecule has 1 aromatic heterocycles. The number of pyridine rings is 1. The Morgan fingerprint density at radius 1 is 1.16 bits per heavy atom. The standard InChI is InChI=1S/C23H21ClF7N3O3/c1-21(13-10-14(25)12-32-11-13,20(36)33-15-6-8-22(27,28)9-7-15)34(19(35)18(24)26)16-2-4-17(5-3-16)37-23(29,30)31/h2-5,10-12,15,18H,6-9H2,1H3,(H,33,36)/t18-,21+/m0/s1. The molecule has 202 valence electrons. The van der Waals surface area contributed by atoms with E-state index in [1.54, 1.807) is 0 Å². The smallest absolute Gasteiger partial charge is 0.406 e. The maximum absolute atomic E-state index is 14.2. The zero-order valence-corrected chi connectivity index (χ0v) is 19.9. The number of hydrogen-bond acceptors (Lipinski definition) is 4. The van der Waals surface area contributed by atoms with Crippen molar-refractivity contribution in [3.8, 4) is 5.75 Å². The van der Waals surface area contributed by atoms with Gasteiger partial charge in [-0.15, -0.1) is 13.2 Å². The Morgan fingerprint density at radius 3 is 2.27 bits per heavy atom. The summed E-state index contributed by atoms with van der Waals surface area (Å²) < 4.78 is 97.0. The lowest BCUT2D eigenvalue weighted by atomic mass is 9.87. The second-order valence-electron chi connectivity index (χ2n) is 8.58. The fraction of sp³-hybridized carbons (Fsp3) is 0.435. The first kappa shape index (κ1) is 28.5. The van der Waals surface area contributed by atoms with Crippen molar-refractivity contribution in [1.29, 1.82) is 0 Å². The summed E-state index contributed by atoms with van der Waals surface area (Å²) in [7, 11) is 0. The zero-order chi connectivity index (χ0) is 27.6. The van der Waals surface area contributed by atoms with E-state index < -0.39 is 65.7 Å². The molecule has 0 bridgehead atoms. The first-order chi connectivity index (χ1) is 17.1. The molecule has 14 heteroatoms. The first-order valence-corrected chi connectivity index (χ1v) is 11.3. The molecule has 6 nitrogen and oxygen atoms in total. The molecule has 1 fully saturated rings. The van der Waals surface area contributed by atoms with Crippen LogP contribution in [0.15, 0.2) is 42.7 Å². The summed E-state index contributed by atoms with van der Waals surface area (Å²) >= 11 is 5.41. The van der Waals surface area contributed by atoms with E-state index >= 15 is 0 Å². The minimum Gasteiger partial charge on any atom is -0.406 e. The van der Waals surface area contributed by atoms with Crippen LogP contribution in [-0.4, -0.2) is 40.8 Å². The van der Waals surface area contributed by atoms with E-state index in [-0.39, 0.29) is 24.1 Å². The van der Waals surface area contributed by atoms with Crippen LogP contribution in [0.3, 0.4) is 0 Å². The SMILES string of the molecule is C[C@](C(=O)NC1CCC(F)(F)CC1)(c1cncc(F)c1)N(C(=O)[C@H](F)Cl)c1ccc(OC(F)(F)F)cc1. The van der Waals surface area contributed by atoms with Crippen LogP contribution in [-0.2, 0) is 15.1 Å². The van der Waals surface area contributed by atoms with Crippen LogP contribution in [0.5, 0.6) is 5.75 Å². The minimum atomic E-state index is -5.02. The number of carbonyl (C=O) groups is 2. The maximum Gasteiger partial charge on any atom is 0.573 e. The number of aromatic nitrogens is 1. The van der Waals surface area contributed by atoms with Gasteiger partial charge in [0.15, 0.2) is 5.54 Å². The normalized spacial score (nSPS) is 18.4. The predicted octanol–water partition coefficient (Wildman–Crippen LogP) is 5.60. The number of rotatable bonds is 7. The Balaban J connectivity index is 2.08. The molecule has 1 N–H and O–H groups in total. The molecule has 0 aliphatic heterocycles. The average Bonchev–Trinajstić information content (AvgIpc) is 2.80. The highest BCUT2D eigenvalue weighted by Gasteiger charge is 2.48. The summed E-state index contributed by atoms with van der Waals surface area (Å²) in [4.78, 5) is 30.8. The lowest BCUT2D eigenvalue weighted by molar-refractivity contribution is -0.274. The molecular formula is C23H21ClF7N3O3. The number of carbonyl (C=O) groups excluding carboxylic acids is 2. The molecular weight excluding hydrogens is 535 g/mol. The van der Waals surface area contributed by atoms with Gasteiger partial charge in [0.25, 0.3) is 17.4 Å². The number of anilines is 1. The summed E-state index contributed by atoms with van der Waals surface area (Å²) in [5.74, 6) is -7.00. The number of ether oxygens (including phenoxy) is 1. The molecule has 0 unspecified atom stereocenters. The molecule has 37 heavy (non-hydrogen) atoms. The topological polar surface area (TPSA) is 71.5 Å². The molecule has 2 aromatic rings. The molecule has 1 aromatic carbocycles. The third kappa shape index (κ3) is 6.82. The number of nitrogens with zero attached hydrogens (tertiary/aromatic N) is 2. The van der Waals surface area contributed by atoms with E-state index in [0.29, 0.717) is 4.90 Å². The molecule has 2 amide bonds. The fourth-order valence-electron chi connectivity index (χ4n) is 4.05. The van der Waals surface area contributed by atoms with Crippen LogP contribution in [0, 0.1) is 5.82 Å². The van der Waals surface area contributed by atoms with Crippen molar-refractivity contribution in [3.05, 3.63) is 54.1 Å². The first-order valence-electron chi connectivity index (χ1n) is 10.9. The van der Waals surface area contributed by atoms with Crippen molar-refractivity contribution in [2.24, 2.45) is 0 Å². The van der Waals surface area contributed by atoms with Crippen molar-refractivity contribution in [2.75, 3.05) is 4.90 Å². The Hall–Kier alpha value is -3.09. The maximum atomic E-state index is 14.2. The highest BCUT2D eigenvalue weighted by Crippen LogP contribution is 2.38. The summed E-state index contributed by atoms with van der Waals surface area (Å²) in [6.07, 6.45) is -4.40. The number of nitrogens with one attached hydrogen (secondary N) is 1. The monoisotopic (exact) mass is 555 g/mol. The Bertz CT molecular complexity index is 1120. The van der Waals surface area contributed by atoms with Gasteiger partial charge in [0, 0.05) is 36.3 Å². The van der Waals surface area contributed by atoms with Crippen LogP contribution >= 0.6 is 11.6 Å². The molecule has 0 saturated heterocycles. The van der Waals surface area contributed by atoms with Gasteiger partial charge in [-0.1, -0.05) is 11.6 Å². The van der Waals surface area contributed by atoms with Gasteiger partial charge in [-0.2, -0.15) is 0 Å². The highest BCUT2D eigenvalue weighted by molar-refractivity contribution is 6.32. The van der Waals surface area contributed by atoms with Gasteiger partial charge in [0.2, 0.25) is 5.92 Å². The Kier molecular flexibility index (Phi) is 8.25. The number of benzene rings is 1. The third-order valence-corrected chi connectivity index (χ3v) is 6.13. The zero-order valence-electron chi connectivity index (χ0n) is 19.2. The lowest BCUT2D eigenvalue weighted by Gasteiger charge is -2.41. The molecule has 1 aliphatic carbocycles. The van der Waals surface area contributed by atoms with E-state index in [0.717, 1.165) is 49.6 Å². The van der Waals surface area contributed by atoms with Crippen LogP contribution in [0.25, 0.3) is 0 Å². The van der Waals surface area contributed by atoms with Gasteiger partial charge in [-0.25, -0.2) is 17.6 Å². The minimum absolute atomic E-state index is 0.102. The summed E-state index contributed by atoms with van der Waals surface area (Å²) in [5, 5.41) is 2.55. The van der Waals surface area contributed by atoms with E-state index in [1.165, 1.54) is 0 Å². The summed E-state index contributed by atoms with van der Waals surface area (Å²) in [6, 6.07) is 3.62. The second kappa shape index (κ2) is 10.7. The summed E-state index contributed by atoms with van der Waals surface area (Å²) in [6.45, 7) is 1.12. The number of halogens is 8. The van der Waals surface area contributed by atoms with Crippen LogP contribution < -0.4 is 15.0 Å². The molecule has 2 atom stereocenters.